The standard InChI is InChI=1S/C18H24N4O5/c23-13(15(25)19-5-7-21-8-6-20-16-18(21)27-16)14(24)17(26)22-9-11-3-1-2-4-12(11)10-22/h1-4,13-14,16,18,20,23-24H,5-10H2,(H,19,25)/t13-,14-,16?,18?/m1/s1. The van der Waals surface area contributed by atoms with Crippen LogP contribution in [0.5, 0.6) is 0 Å². The molecule has 146 valence electrons. The van der Waals surface area contributed by atoms with Gasteiger partial charge >= 0.3 is 0 Å². The molecular weight excluding hydrogens is 352 g/mol. The van der Waals surface area contributed by atoms with Crippen LogP contribution in [0.4, 0.5) is 0 Å². The highest BCUT2D eigenvalue weighted by Gasteiger charge is 2.45. The molecule has 1 aromatic carbocycles. The summed E-state index contributed by atoms with van der Waals surface area (Å²) < 4.78 is 5.41. The van der Waals surface area contributed by atoms with Crippen LogP contribution in [0, 0.1) is 0 Å². The maximum Gasteiger partial charge on any atom is 0.255 e. The zero-order valence-corrected chi connectivity index (χ0v) is 14.9. The quantitative estimate of drug-likeness (QED) is 0.422. The average Bonchev–Trinajstić information content (AvgIpc) is 3.36. The van der Waals surface area contributed by atoms with Crippen LogP contribution in [-0.2, 0) is 27.4 Å². The summed E-state index contributed by atoms with van der Waals surface area (Å²) in [6, 6.07) is 7.61. The highest BCUT2D eigenvalue weighted by atomic mass is 16.6. The second-order valence-electron chi connectivity index (χ2n) is 7.08. The number of piperazine rings is 1. The Balaban J connectivity index is 1.24. The minimum absolute atomic E-state index is 0.0459. The Labute approximate surface area is 156 Å². The molecule has 3 heterocycles. The van der Waals surface area contributed by atoms with Crippen molar-refractivity contribution >= 4 is 11.8 Å². The normalized spacial score (nSPS) is 26.1. The molecule has 4 rings (SSSR count). The van der Waals surface area contributed by atoms with Gasteiger partial charge in [0.15, 0.2) is 24.7 Å². The number of aliphatic hydroxyl groups excluding tert-OH is 2. The Bertz CT molecular complexity index is 704. The number of hydrogen-bond acceptors (Lipinski definition) is 7. The number of hydrogen-bond donors (Lipinski definition) is 4. The number of carbonyl (C=O) groups excluding carboxylic acids is 2. The Morgan fingerprint density at radius 2 is 1.93 bits per heavy atom. The monoisotopic (exact) mass is 376 g/mol. The highest BCUT2D eigenvalue weighted by molar-refractivity contribution is 5.90. The number of amides is 2. The molecule has 9 heteroatoms. The highest BCUT2D eigenvalue weighted by Crippen LogP contribution is 2.25. The Hall–Kier alpha value is -2.04. The molecule has 2 unspecified atom stereocenters. The molecule has 4 atom stereocenters. The Morgan fingerprint density at radius 3 is 2.63 bits per heavy atom. The molecule has 2 fully saturated rings. The van der Waals surface area contributed by atoms with Crippen molar-refractivity contribution in [1.82, 2.24) is 20.4 Å². The summed E-state index contributed by atoms with van der Waals surface area (Å²) in [5.74, 6) is -1.40. The molecule has 4 N–H and O–H groups in total. The van der Waals surface area contributed by atoms with Gasteiger partial charge in [0.1, 0.15) is 0 Å². The summed E-state index contributed by atoms with van der Waals surface area (Å²) in [6.07, 6.45) is -3.46. The third-order valence-corrected chi connectivity index (χ3v) is 5.24. The van der Waals surface area contributed by atoms with Crippen LogP contribution in [0.3, 0.4) is 0 Å². The van der Waals surface area contributed by atoms with E-state index in [4.69, 9.17) is 4.74 Å². The van der Waals surface area contributed by atoms with E-state index in [-0.39, 0.29) is 12.5 Å². The minimum atomic E-state index is -1.80. The summed E-state index contributed by atoms with van der Waals surface area (Å²) in [4.78, 5) is 28.1. The molecule has 0 aliphatic carbocycles. The van der Waals surface area contributed by atoms with Gasteiger partial charge in [-0.2, -0.15) is 0 Å². The van der Waals surface area contributed by atoms with Crippen molar-refractivity contribution in [1.29, 1.82) is 0 Å². The van der Waals surface area contributed by atoms with Crippen molar-refractivity contribution < 1.29 is 24.5 Å². The second-order valence-corrected chi connectivity index (χ2v) is 7.08. The first-order valence-corrected chi connectivity index (χ1v) is 9.17. The number of rotatable bonds is 6. The van der Waals surface area contributed by atoms with Gasteiger partial charge in [-0.05, 0) is 11.1 Å². The van der Waals surface area contributed by atoms with Gasteiger partial charge in [0.05, 0.1) is 0 Å². The van der Waals surface area contributed by atoms with Gasteiger partial charge in [-0.15, -0.1) is 0 Å². The van der Waals surface area contributed by atoms with Gasteiger partial charge in [-0.1, -0.05) is 24.3 Å². The van der Waals surface area contributed by atoms with Gasteiger partial charge in [0, 0.05) is 39.3 Å². The number of nitrogens with zero attached hydrogens (tertiary/aromatic N) is 2. The van der Waals surface area contributed by atoms with E-state index in [2.05, 4.69) is 15.5 Å². The molecular formula is C18H24N4O5. The fraction of sp³-hybridized carbons (Fsp3) is 0.556. The molecule has 0 bridgehead atoms. The summed E-state index contributed by atoms with van der Waals surface area (Å²) >= 11 is 0. The first kappa shape index (κ1) is 18.3. The molecule has 27 heavy (non-hydrogen) atoms. The summed E-state index contributed by atoms with van der Waals surface area (Å²) in [5.41, 5.74) is 2.02. The number of carbonyl (C=O) groups is 2. The van der Waals surface area contributed by atoms with E-state index in [1.807, 2.05) is 24.3 Å². The number of ether oxygens (including phenoxy) is 1. The lowest BCUT2D eigenvalue weighted by molar-refractivity contribution is -0.153. The number of nitrogens with one attached hydrogen (secondary N) is 2. The third-order valence-electron chi connectivity index (χ3n) is 5.24. The van der Waals surface area contributed by atoms with Gasteiger partial charge in [-0.3, -0.25) is 19.8 Å². The molecule has 0 aromatic heterocycles. The predicted octanol–water partition coefficient (Wildman–Crippen LogP) is -2.05. The SMILES string of the molecule is O=C(NCCN1CCNC2OC21)[C@H](O)[C@@H](O)C(=O)N1Cc2ccccc2C1. The van der Waals surface area contributed by atoms with E-state index in [0.29, 0.717) is 26.2 Å². The topological polar surface area (TPSA) is 118 Å². The zero-order valence-electron chi connectivity index (χ0n) is 14.9. The molecule has 1 aromatic rings. The minimum Gasteiger partial charge on any atom is -0.380 e. The van der Waals surface area contributed by atoms with E-state index in [9.17, 15) is 19.8 Å². The third kappa shape index (κ3) is 3.83. The second kappa shape index (κ2) is 7.53. The maximum absolute atomic E-state index is 12.4. The van der Waals surface area contributed by atoms with Crippen molar-refractivity contribution in [2.24, 2.45) is 0 Å². The molecule has 0 radical (unpaired) electrons. The molecule has 3 aliphatic rings. The fourth-order valence-electron chi connectivity index (χ4n) is 3.63. The van der Waals surface area contributed by atoms with Gasteiger partial charge in [-0.25, -0.2) is 0 Å². The summed E-state index contributed by atoms with van der Waals surface area (Å²) in [7, 11) is 0. The fourth-order valence-corrected chi connectivity index (χ4v) is 3.63. The lowest BCUT2D eigenvalue weighted by Crippen LogP contribution is -2.51. The van der Waals surface area contributed by atoms with Gasteiger partial charge in [0.25, 0.3) is 11.8 Å². The van der Waals surface area contributed by atoms with E-state index in [1.165, 1.54) is 4.90 Å². The van der Waals surface area contributed by atoms with E-state index in [0.717, 1.165) is 24.2 Å². The van der Waals surface area contributed by atoms with Crippen LogP contribution in [-0.4, -0.2) is 82.7 Å². The maximum atomic E-state index is 12.4. The number of epoxide rings is 1. The van der Waals surface area contributed by atoms with Crippen LogP contribution in [0.2, 0.25) is 0 Å². The van der Waals surface area contributed by atoms with Gasteiger partial charge < -0.3 is 25.2 Å². The first-order chi connectivity index (χ1) is 13.0. The van der Waals surface area contributed by atoms with E-state index < -0.39 is 24.0 Å². The van der Waals surface area contributed by atoms with Crippen molar-refractivity contribution in [2.75, 3.05) is 26.2 Å². The lowest BCUT2D eigenvalue weighted by atomic mass is 10.1. The van der Waals surface area contributed by atoms with Crippen LogP contribution < -0.4 is 10.6 Å². The zero-order chi connectivity index (χ0) is 19.0. The van der Waals surface area contributed by atoms with Crippen LogP contribution in [0.25, 0.3) is 0 Å². The lowest BCUT2D eigenvalue weighted by Gasteiger charge is -2.25. The van der Waals surface area contributed by atoms with Crippen LogP contribution >= 0.6 is 0 Å². The Kier molecular flexibility index (Phi) is 5.11. The largest absolute Gasteiger partial charge is 0.380 e. The summed E-state index contributed by atoms with van der Waals surface area (Å²) in [6.45, 7) is 3.25. The van der Waals surface area contributed by atoms with E-state index in [1.54, 1.807) is 0 Å². The van der Waals surface area contributed by atoms with Crippen molar-refractivity contribution in [2.45, 2.75) is 37.8 Å². The van der Waals surface area contributed by atoms with Crippen molar-refractivity contribution in [3.8, 4) is 0 Å². The molecule has 9 nitrogen and oxygen atoms in total. The van der Waals surface area contributed by atoms with Gasteiger partial charge in [0.2, 0.25) is 0 Å². The molecule has 3 aliphatic heterocycles. The molecule has 2 saturated heterocycles. The van der Waals surface area contributed by atoms with Crippen molar-refractivity contribution in [3.63, 3.8) is 0 Å². The predicted molar refractivity (Wildman–Crippen MR) is 94.0 cm³/mol. The summed E-state index contributed by atoms with van der Waals surface area (Å²) in [5, 5.41) is 26.0. The molecule has 2 amide bonds. The van der Waals surface area contributed by atoms with Crippen LogP contribution in [0.1, 0.15) is 11.1 Å². The molecule has 0 spiro atoms. The number of benzene rings is 1. The average molecular weight is 376 g/mol. The Morgan fingerprint density at radius 1 is 1.22 bits per heavy atom. The first-order valence-electron chi connectivity index (χ1n) is 9.17. The van der Waals surface area contributed by atoms with Crippen LogP contribution in [0.15, 0.2) is 24.3 Å². The van der Waals surface area contributed by atoms with Crippen molar-refractivity contribution in [3.05, 3.63) is 35.4 Å². The number of aliphatic hydroxyl groups is 2. The smallest absolute Gasteiger partial charge is 0.255 e. The molecule has 0 saturated carbocycles. The van der Waals surface area contributed by atoms with E-state index >= 15 is 0 Å². The number of fused-ring (bicyclic) bond motifs is 2.